The Morgan fingerprint density at radius 3 is 2.71 bits per heavy atom. The van der Waals surface area contributed by atoms with Gasteiger partial charge in [0.05, 0.1) is 17.4 Å². The van der Waals surface area contributed by atoms with Crippen molar-refractivity contribution in [3.05, 3.63) is 50.7 Å². The summed E-state index contributed by atoms with van der Waals surface area (Å²) in [7, 11) is 1.99. The molecular formula is C16H21BrClN3. The van der Waals surface area contributed by atoms with Crippen LogP contribution in [-0.4, -0.2) is 16.3 Å². The summed E-state index contributed by atoms with van der Waals surface area (Å²) >= 11 is 9.81. The summed E-state index contributed by atoms with van der Waals surface area (Å²) in [6.45, 7) is 5.17. The molecule has 0 bridgehead atoms. The summed E-state index contributed by atoms with van der Waals surface area (Å²) in [5.74, 6) is 0. The van der Waals surface area contributed by atoms with Crippen LogP contribution in [0.4, 0.5) is 0 Å². The molecule has 2 rings (SSSR count). The van der Waals surface area contributed by atoms with E-state index in [1.54, 1.807) is 0 Å². The first kappa shape index (κ1) is 16.5. The fourth-order valence-corrected chi connectivity index (χ4v) is 3.21. The molecule has 0 aliphatic heterocycles. The Kier molecular flexibility index (Phi) is 5.85. The molecule has 1 atom stereocenters. The molecule has 0 radical (unpaired) electrons. The highest BCUT2D eigenvalue weighted by Gasteiger charge is 2.17. The lowest BCUT2D eigenvalue weighted by atomic mass is 10.0. The van der Waals surface area contributed by atoms with Crippen LogP contribution in [0.1, 0.15) is 36.3 Å². The summed E-state index contributed by atoms with van der Waals surface area (Å²) in [6, 6.07) is 8.42. The second kappa shape index (κ2) is 7.43. The van der Waals surface area contributed by atoms with Crippen molar-refractivity contribution in [3.63, 3.8) is 0 Å². The minimum atomic E-state index is 0.217. The summed E-state index contributed by atoms with van der Waals surface area (Å²) in [5, 5.41) is 8.85. The zero-order valence-corrected chi connectivity index (χ0v) is 15.0. The lowest BCUT2D eigenvalue weighted by Gasteiger charge is -2.19. The van der Waals surface area contributed by atoms with Gasteiger partial charge in [-0.15, -0.1) is 0 Å². The van der Waals surface area contributed by atoms with Crippen molar-refractivity contribution >= 4 is 27.5 Å². The second-order valence-corrected chi connectivity index (χ2v) is 6.60. The summed E-state index contributed by atoms with van der Waals surface area (Å²) in [6.07, 6.45) is 1.95. The number of hydrogen-bond donors (Lipinski definition) is 1. The quantitative estimate of drug-likeness (QED) is 0.815. The molecule has 1 heterocycles. The van der Waals surface area contributed by atoms with Gasteiger partial charge in [-0.1, -0.05) is 40.5 Å². The fraction of sp³-hybridized carbons (Fsp3) is 0.438. The molecule has 0 amide bonds. The maximum absolute atomic E-state index is 6.36. The molecule has 1 unspecified atom stereocenters. The molecule has 1 aromatic carbocycles. The van der Waals surface area contributed by atoms with Crippen molar-refractivity contribution in [2.45, 2.75) is 32.7 Å². The van der Waals surface area contributed by atoms with Gasteiger partial charge < -0.3 is 5.32 Å². The van der Waals surface area contributed by atoms with Crippen molar-refractivity contribution in [3.8, 4) is 0 Å². The SMILES string of the molecule is CCCNC(Cc1ccc(Br)cc1Cl)c1cc(C)nn1C. The summed E-state index contributed by atoms with van der Waals surface area (Å²) < 4.78 is 2.96. The Bertz CT molecular complexity index is 610. The van der Waals surface area contributed by atoms with Crippen molar-refractivity contribution in [2.24, 2.45) is 7.05 Å². The van der Waals surface area contributed by atoms with E-state index in [0.717, 1.165) is 40.1 Å². The zero-order valence-electron chi connectivity index (χ0n) is 12.7. The van der Waals surface area contributed by atoms with E-state index in [-0.39, 0.29) is 6.04 Å². The first-order valence-electron chi connectivity index (χ1n) is 7.19. The van der Waals surface area contributed by atoms with Crippen molar-refractivity contribution < 1.29 is 0 Å². The molecule has 114 valence electrons. The number of aromatic nitrogens is 2. The molecular weight excluding hydrogens is 350 g/mol. The number of hydrogen-bond acceptors (Lipinski definition) is 2. The molecule has 3 nitrogen and oxygen atoms in total. The van der Waals surface area contributed by atoms with Crippen LogP contribution in [0.25, 0.3) is 0 Å². The van der Waals surface area contributed by atoms with E-state index in [9.17, 15) is 0 Å². The molecule has 2 aromatic rings. The predicted octanol–water partition coefficient (Wildman–Crippen LogP) is 4.43. The summed E-state index contributed by atoms with van der Waals surface area (Å²) in [5.41, 5.74) is 3.38. The highest BCUT2D eigenvalue weighted by Crippen LogP contribution is 2.26. The first-order chi connectivity index (χ1) is 10.0. The Labute approximate surface area is 139 Å². The number of aryl methyl sites for hydroxylation is 2. The van der Waals surface area contributed by atoms with Crippen LogP contribution in [0.5, 0.6) is 0 Å². The van der Waals surface area contributed by atoms with Crippen LogP contribution >= 0.6 is 27.5 Å². The van der Waals surface area contributed by atoms with Gasteiger partial charge in [0, 0.05) is 16.5 Å². The average molecular weight is 371 g/mol. The molecule has 0 saturated heterocycles. The Morgan fingerprint density at radius 1 is 1.38 bits per heavy atom. The highest BCUT2D eigenvalue weighted by molar-refractivity contribution is 9.10. The number of nitrogens with zero attached hydrogens (tertiary/aromatic N) is 2. The molecule has 0 aliphatic carbocycles. The largest absolute Gasteiger partial charge is 0.308 e. The topological polar surface area (TPSA) is 29.9 Å². The number of benzene rings is 1. The third kappa shape index (κ3) is 4.31. The van der Waals surface area contributed by atoms with Gasteiger partial charge in [0.25, 0.3) is 0 Å². The van der Waals surface area contributed by atoms with E-state index in [0.29, 0.717) is 0 Å². The molecule has 0 aliphatic rings. The van der Waals surface area contributed by atoms with E-state index < -0.39 is 0 Å². The Morgan fingerprint density at radius 2 is 2.14 bits per heavy atom. The number of nitrogens with one attached hydrogen (secondary N) is 1. The van der Waals surface area contributed by atoms with Crippen molar-refractivity contribution in [2.75, 3.05) is 6.54 Å². The molecule has 0 fully saturated rings. The number of rotatable bonds is 6. The molecule has 1 N–H and O–H groups in total. The highest BCUT2D eigenvalue weighted by atomic mass is 79.9. The third-order valence-electron chi connectivity index (χ3n) is 3.48. The Balaban J connectivity index is 2.26. The fourth-order valence-electron chi connectivity index (χ4n) is 2.46. The summed E-state index contributed by atoms with van der Waals surface area (Å²) in [4.78, 5) is 0. The average Bonchev–Trinajstić information content (AvgIpc) is 2.76. The van der Waals surface area contributed by atoms with Gasteiger partial charge in [0.1, 0.15) is 0 Å². The monoisotopic (exact) mass is 369 g/mol. The normalized spacial score (nSPS) is 12.6. The molecule has 21 heavy (non-hydrogen) atoms. The van der Waals surface area contributed by atoms with Crippen LogP contribution in [-0.2, 0) is 13.5 Å². The lowest BCUT2D eigenvalue weighted by molar-refractivity contribution is 0.493. The smallest absolute Gasteiger partial charge is 0.0597 e. The molecule has 0 spiro atoms. The molecule has 1 aromatic heterocycles. The van der Waals surface area contributed by atoms with Crippen LogP contribution in [0.3, 0.4) is 0 Å². The predicted molar refractivity (Wildman–Crippen MR) is 91.8 cm³/mol. The Hall–Kier alpha value is -0.840. The van der Waals surface area contributed by atoms with Crippen LogP contribution in [0.15, 0.2) is 28.7 Å². The van der Waals surface area contributed by atoms with Crippen LogP contribution in [0, 0.1) is 6.92 Å². The molecule has 0 saturated carbocycles. The van der Waals surface area contributed by atoms with E-state index in [2.05, 4.69) is 45.4 Å². The van der Waals surface area contributed by atoms with Gasteiger partial charge in [0.15, 0.2) is 0 Å². The minimum Gasteiger partial charge on any atom is -0.308 e. The van der Waals surface area contributed by atoms with Gasteiger partial charge in [-0.2, -0.15) is 5.10 Å². The van der Waals surface area contributed by atoms with Crippen molar-refractivity contribution in [1.29, 1.82) is 0 Å². The third-order valence-corrected chi connectivity index (χ3v) is 4.32. The van der Waals surface area contributed by atoms with Crippen LogP contribution < -0.4 is 5.32 Å². The first-order valence-corrected chi connectivity index (χ1v) is 8.36. The van der Waals surface area contributed by atoms with E-state index in [4.69, 9.17) is 11.6 Å². The van der Waals surface area contributed by atoms with Gasteiger partial charge in [-0.3, -0.25) is 4.68 Å². The van der Waals surface area contributed by atoms with Gasteiger partial charge in [0.2, 0.25) is 0 Å². The van der Waals surface area contributed by atoms with Crippen molar-refractivity contribution in [1.82, 2.24) is 15.1 Å². The lowest BCUT2D eigenvalue weighted by Crippen LogP contribution is -2.26. The second-order valence-electron chi connectivity index (χ2n) is 5.28. The standard InChI is InChI=1S/C16H21BrClN3/c1-4-7-19-15(16-8-11(2)20-21(16)3)9-12-5-6-13(17)10-14(12)18/h5-6,8,10,15,19H,4,7,9H2,1-3H3. The van der Waals surface area contributed by atoms with Gasteiger partial charge in [-0.25, -0.2) is 0 Å². The van der Waals surface area contributed by atoms with E-state index in [1.165, 1.54) is 5.69 Å². The van der Waals surface area contributed by atoms with E-state index >= 15 is 0 Å². The maximum atomic E-state index is 6.36. The zero-order chi connectivity index (χ0) is 15.4. The van der Waals surface area contributed by atoms with Gasteiger partial charge in [-0.05, 0) is 50.1 Å². The van der Waals surface area contributed by atoms with E-state index in [1.807, 2.05) is 30.8 Å². The molecule has 5 heteroatoms. The minimum absolute atomic E-state index is 0.217. The van der Waals surface area contributed by atoms with Crippen LogP contribution in [0.2, 0.25) is 5.02 Å². The van der Waals surface area contributed by atoms with Gasteiger partial charge >= 0.3 is 0 Å². The number of halogens is 2. The maximum Gasteiger partial charge on any atom is 0.0597 e.